The lowest BCUT2D eigenvalue weighted by atomic mass is 10.3. The van der Waals surface area contributed by atoms with Gasteiger partial charge in [-0.15, -0.1) is 22.9 Å². The predicted molar refractivity (Wildman–Crippen MR) is 80.0 cm³/mol. The van der Waals surface area contributed by atoms with Gasteiger partial charge >= 0.3 is 0 Å². The highest BCUT2D eigenvalue weighted by Crippen LogP contribution is 2.17. The number of nitrogens with zero attached hydrogens (tertiary/aromatic N) is 3. The SMILES string of the molecule is ClCCc1nc2cccnc2n1CCc1cccs1. The minimum Gasteiger partial charge on any atom is -0.312 e. The number of hydrogen-bond donors (Lipinski definition) is 0. The van der Waals surface area contributed by atoms with Crippen molar-refractivity contribution < 1.29 is 0 Å². The van der Waals surface area contributed by atoms with Crippen LogP contribution in [0, 0.1) is 0 Å². The van der Waals surface area contributed by atoms with Gasteiger partial charge in [0.15, 0.2) is 5.65 Å². The van der Waals surface area contributed by atoms with Crippen LogP contribution < -0.4 is 0 Å². The summed E-state index contributed by atoms with van der Waals surface area (Å²) in [7, 11) is 0. The molecule has 0 unspecified atom stereocenters. The number of hydrogen-bond acceptors (Lipinski definition) is 3. The third kappa shape index (κ3) is 2.65. The van der Waals surface area contributed by atoms with Gasteiger partial charge in [0.05, 0.1) is 0 Å². The Morgan fingerprint density at radius 3 is 2.95 bits per heavy atom. The Kier molecular flexibility index (Phi) is 3.80. The predicted octanol–water partition coefficient (Wildman–Crippen LogP) is 3.52. The molecule has 19 heavy (non-hydrogen) atoms. The first-order valence-electron chi connectivity index (χ1n) is 6.27. The minimum absolute atomic E-state index is 0.586. The molecule has 0 saturated heterocycles. The van der Waals surface area contributed by atoms with E-state index in [1.165, 1.54) is 4.88 Å². The molecule has 0 radical (unpaired) electrons. The molecular formula is C14H14ClN3S. The van der Waals surface area contributed by atoms with Crippen molar-refractivity contribution in [3.05, 3.63) is 46.5 Å². The summed E-state index contributed by atoms with van der Waals surface area (Å²) in [6.45, 7) is 0.903. The number of rotatable bonds is 5. The first-order valence-corrected chi connectivity index (χ1v) is 7.68. The maximum atomic E-state index is 5.86. The van der Waals surface area contributed by atoms with Gasteiger partial charge in [0.2, 0.25) is 0 Å². The number of alkyl halides is 1. The Balaban J connectivity index is 1.92. The van der Waals surface area contributed by atoms with Crippen LogP contribution in [0.2, 0.25) is 0 Å². The number of imidazole rings is 1. The monoisotopic (exact) mass is 291 g/mol. The number of halogens is 1. The zero-order chi connectivity index (χ0) is 13.1. The second kappa shape index (κ2) is 5.72. The van der Waals surface area contributed by atoms with Crippen molar-refractivity contribution in [2.24, 2.45) is 0 Å². The van der Waals surface area contributed by atoms with E-state index in [0.717, 1.165) is 36.4 Å². The van der Waals surface area contributed by atoms with Crippen molar-refractivity contribution in [2.45, 2.75) is 19.4 Å². The molecule has 3 aromatic rings. The standard InChI is InChI=1S/C14H14ClN3S/c15-7-5-13-17-12-4-1-8-16-14(12)18(13)9-6-11-3-2-10-19-11/h1-4,8,10H,5-7,9H2. The molecular weight excluding hydrogens is 278 g/mol. The third-order valence-electron chi connectivity index (χ3n) is 3.06. The molecule has 0 N–H and O–H groups in total. The van der Waals surface area contributed by atoms with Crippen LogP contribution >= 0.6 is 22.9 Å². The summed E-state index contributed by atoms with van der Waals surface area (Å²) >= 11 is 7.65. The highest BCUT2D eigenvalue weighted by Gasteiger charge is 2.11. The van der Waals surface area contributed by atoms with Gasteiger partial charge in [-0.25, -0.2) is 9.97 Å². The van der Waals surface area contributed by atoms with Crippen molar-refractivity contribution in [3.8, 4) is 0 Å². The summed E-state index contributed by atoms with van der Waals surface area (Å²) in [5, 5.41) is 2.11. The molecule has 0 amide bonds. The Morgan fingerprint density at radius 2 is 2.16 bits per heavy atom. The maximum absolute atomic E-state index is 5.86. The maximum Gasteiger partial charge on any atom is 0.159 e. The fourth-order valence-corrected chi connectivity index (χ4v) is 3.06. The Hall–Kier alpha value is -1.39. The van der Waals surface area contributed by atoms with E-state index >= 15 is 0 Å². The van der Waals surface area contributed by atoms with Gasteiger partial charge in [0, 0.05) is 29.9 Å². The molecule has 3 heterocycles. The van der Waals surface area contributed by atoms with Crippen LogP contribution in [0.3, 0.4) is 0 Å². The van der Waals surface area contributed by atoms with E-state index in [1.807, 2.05) is 18.3 Å². The lowest BCUT2D eigenvalue weighted by Gasteiger charge is -2.06. The molecule has 0 saturated carbocycles. The first-order chi connectivity index (χ1) is 9.38. The summed E-state index contributed by atoms with van der Waals surface area (Å²) < 4.78 is 2.19. The molecule has 3 nitrogen and oxygen atoms in total. The fraction of sp³-hybridized carbons (Fsp3) is 0.286. The number of pyridine rings is 1. The lowest BCUT2D eigenvalue weighted by molar-refractivity contribution is 0.674. The van der Waals surface area contributed by atoms with E-state index in [0.29, 0.717) is 5.88 Å². The van der Waals surface area contributed by atoms with E-state index in [1.54, 1.807) is 11.3 Å². The van der Waals surface area contributed by atoms with Gasteiger partial charge < -0.3 is 4.57 Å². The number of thiophene rings is 1. The van der Waals surface area contributed by atoms with Crippen LogP contribution in [0.4, 0.5) is 0 Å². The third-order valence-corrected chi connectivity index (χ3v) is 4.19. The van der Waals surface area contributed by atoms with Gasteiger partial charge in [0.1, 0.15) is 11.3 Å². The first kappa shape index (κ1) is 12.6. The molecule has 5 heteroatoms. The van der Waals surface area contributed by atoms with Crippen LogP contribution in [0.5, 0.6) is 0 Å². The average Bonchev–Trinajstić information content (AvgIpc) is 3.04. The molecule has 98 valence electrons. The summed E-state index contributed by atoms with van der Waals surface area (Å²) in [5.74, 6) is 1.61. The van der Waals surface area contributed by atoms with Crippen molar-refractivity contribution >= 4 is 34.1 Å². The lowest BCUT2D eigenvalue weighted by Crippen LogP contribution is -2.07. The molecule has 0 spiro atoms. The van der Waals surface area contributed by atoms with E-state index < -0.39 is 0 Å². The normalized spacial score (nSPS) is 11.2. The van der Waals surface area contributed by atoms with Crippen LogP contribution in [0.15, 0.2) is 35.8 Å². The van der Waals surface area contributed by atoms with Crippen LogP contribution in [0.1, 0.15) is 10.7 Å². The highest BCUT2D eigenvalue weighted by atomic mass is 35.5. The minimum atomic E-state index is 0.586. The molecule has 0 fully saturated rings. The van der Waals surface area contributed by atoms with Gasteiger partial charge in [0.25, 0.3) is 0 Å². The van der Waals surface area contributed by atoms with Crippen molar-refractivity contribution in [1.82, 2.24) is 14.5 Å². The van der Waals surface area contributed by atoms with E-state index in [-0.39, 0.29) is 0 Å². The van der Waals surface area contributed by atoms with Crippen molar-refractivity contribution in [1.29, 1.82) is 0 Å². The fourth-order valence-electron chi connectivity index (χ4n) is 2.19. The molecule has 0 bridgehead atoms. The molecule has 0 atom stereocenters. The van der Waals surface area contributed by atoms with E-state index in [4.69, 9.17) is 11.6 Å². The molecule has 3 rings (SSSR count). The van der Waals surface area contributed by atoms with Crippen molar-refractivity contribution in [3.63, 3.8) is 0 Å². The Bertz CT molecular complexity index is 660. The topological polar surface area (TPSA) is 30.7 Å². The quantitative estimate of drug-likeness (QED) is 0.674. The zero-order valence-corrected chi connectivity index (χ0v) is 12.0. The Morgan fingerprint density at radius 1 is 1.21 bits per heavy atom. The molecule has 0 aliphatic carbocycles. The van der Waals surface area contributed by atoms with Crippen LogP contribution in [-0.4, -0.2) is 20.4 Å². The number of aromatic nitrogens is 3. The molecule has 0 aromatic carbocycles. The molecule has 0 aliphatic heterocycles. The van der Waals surface area contributed by atoms with Gasteiger partial charge in [-0.1, -0.05) is 6.07 Å². The summed E-state index contributed by atoms with van der Waals surface area (Å²) in [6, 6.07) is 8.17. The second-order valence-corrected chi connectivity index (χ2v) is 5.70. The number of fused-ring (bicyclic) bond motifs is 1. The zero-order valence-electron chi connectivity index (χ0n) is 10.4. The smallest absolute Gasteiger partial charge is 0.159 e. The van der Waals surface area contributed by atoms with Gasteiger partial charge in [-0.2, -0.15) is 0 Å². The molecule has 0 aliphatic rings. The van der Waals surface area contributed by atoms with Gasteiger partial charge in [-0.05, 0) is 30.0 Å². The second-order valence-electron chi connectivity index (χ2n) is 4.29. The molecule has 3 aromatic heterocycles. The largest absolute Gasteiger partial charge is 0.312 e. The van der Waals surface area contributed by atoms with E-state index in [2.05, 4.69) is 32.0 Å². The van der Waals surface area contributed by atoms with Crippen LogP contribution in [0.25, 0.3) is 11.2 Å². The van der Waals surface area contributed by atoms with Crippen LogP contribution in [-0.2, 0) is 19.4 Å². The van der Waals surface area contributed by atoms with Crippen molar-refractivity contribution in [2.75, 3.05) is 5.88 Å². The average molecular weight is 292 g/mol. The van der Waals surface area contributed by atoms with Gasteiger partial charge in [-0.3, -0.25) is 0 Å². The number of aryl methyl sites for hydroxylation is 3. The summed E-state index contributed by atoms with van der Waals surface area (Å²) in [5.41, 5.74) is 1.91. The highest BCUT2D eigenvalue weighted by molar-refractivity contribution is 7.09. The summed E-state index contributed by atoms with van der Waals surface area (Å²) in [4.78, 5) is 10.5. The van der Waals surface area contributed by atoms with E-state index in [9.17, 15) is 0 Å². The summed E-state index contributed by atoms with van der Waals surface area (Å²) in [6.07, 6.45) is 3.60. The Labute approximate surface area is 120 Å².